The maximum absolute atomic E-state index is 12.7. The highest BCUT2D eigenvalue weighted by Crippen LogP contribution is 2.40. The smallest absolute Gasteiger partial charge is 0.192 e. The predicted octanol–water partition coefficient (Wildman–Crippen LogP) is 3.01. The fraction of sp³-hybridized carbons (Fsp3) is 0.500. The number of nitrogens with zero attached hydrogens (tertiary/aromatic N) is 1. The van der Waals surface area contributed by atoms with Gasteiger partial charge in [0.05, 0.1) is 0 Å². The molecule has 4 rings (SSSR count). The molecule has 0 amide bonds. The number of fused-ring (bicyclic) bond motifs is 3. The first-order valence-electron chi connectivity index (χ1n) is 7.42. The molecule has 0 radical (unpaired) electrons. The van der Waals surface area contributed by atoms with E-state index in [-0.39, 0.29) is 22.2 Å². The Labute approximate surface area is 125 Å². The quantitative estimate of drug-likeness (QED) is 0.800. The molecule has 2 unspecified atom stereocenters. The molecule has 0 aliphatic carbocycles. The minimum Gasteiger partial charge on any atom is -0.441 e. The van der Waals surface area contributed by atoms with Crippen molar-refractivity contribution in [2.24, 2.45) is 5.92 Å². The number of hydrogen-bond acceptors (Lipinski definition) is 4. The Morgan fingerprint density at radius 1 is 1.29 bits per heavy atom. The van der Waals surface area contributed by atoms with Gasteiger partial charge in [0.2, 0.25) is 0 Å². The van der Waals surface area contributed by atoms with E-state index in [1.54, 1.807) is 6.92 Å². The van der Waals surface area contributed by atoms with Gasteiger partial charge in [0.25, 0.3) is 0 Å². The Balaban J connectivity index is 1.62. The third-order valence-corrected chi connectivity index (χ3v) is 6.88. The van der Waals surface area contributed by atoms with Crippen molar-refractivity contribution >= 4 is 27.7 Å². The van der Waals surface area contributed by atoms with Crippen molar-refractivity contribution in [3.8, 4) is 0 Å². The van der Waals surface area contributed by atoms with Gasteiger partial charge < -0.3 is 4.42 Å². The van der Waals surface area contributed by atoms with Crippen molar-refractivity contribution in [3.63, 3.8) is 0 Å². The second kappa shape index (κ2) is 4.77. The van der Waals surface area contributed by atoms with Crippen molar-refractivity contribution in [1.82, 2.24) is 4.98 Å². The minimum atomic E-state index is -0.711. The molecule has 5 heteroatoms. The summed E-state index contributed by atoms with van der Waals surface area (Å²) >= 11 is 0. The highest BCUT2D eigenvalue weighted by Gasteiger charge is 2.42. The molecule has 4 nitrogen and oxygen atoms in total. The first kappa shape index (κ1) is 13.2. The number of Topliss-reactive ketones (excluding diaryl/α,β-unsaturated/α-hetero) is 1. The standard InChI is InChI=1S/C16H17NO3S/c1-9-17-14-8-10(2-5-15(14)20-9)16(18)11-6-12-3-4-13(7-11)21(12)19/h2,5,8,11-13H,3-4,6-7H2,1H3. The van der Waals surface area contributed by atoms with Gasteiger partial charge in [-0.25, -0.2) is 4.98 Å². The molecule has 1 aromatic heterocycles. The average molecular weight is 303 g/mol. The van der Waals surface area contributed by atoms with Crippen LogP contribution in [0.5, 0.6) is 0 Å². The summed E-state index contributed by atoms with van der Waals surface area (Å²) in [7, 11) is -0.711. The first-order chi connectivity index (χ1) is 10.1. The van der Waals surface area contributed by atoms with E-state index < -0.39 is 10.8 Å². The Hall–Kier alpha value is -1.49. The van der Waals surface area contributed by atoms with Gasteiger partial charge in [0.15, 0.2) is 17.3 Å². The number of ketones is 1. The third-order valence-electron chi connectivity index (χ3n) is 4.71. The van der Waals surface area contributed by atoms with Gasteiger partial charge in [-0.3, -0.25) is 9.00 Å². The molecule has 2 fully saturated rings. The van der Waals surface area contributed by atoms with Crippen molar-refractivity contribution in [1.29, 1.82) is 0 Å². The molecule has 2 aliphatic rings. The van der Waals surface area contributed by atoms with Crippen LogP contribution in [0.25, 0.3) is 11.1 Å². The normalized spacial score (nSPS) is 31.7. The number of oxazole rings is 1. The number of benzene rings is 1. The van der Waals surface area contributed by atoms with E-state index in [1.807, 2.05) is 18.2 Å². The summed E-state index contributed by atoms with van der Waals surface area (Å²) in [4.78, 5) is 17.0. The molecule has 2 aromatic rings. The Morgan fingerprint density at radius 2 is 2.00 bits per heavy atom. The van der Waals surface area contributed by atoms with Crippen molar-refractivity contribution in [2.75, 3.05) is 0 Å². The zero-order valence-electron chi connectivity index (χ0n) is 11.9. The molecular formula is C16H17NO3S. The molecule has 0 spiro atoms. The van der Waals surface area contributed by atoms with Crippen LogP contribution in [-0.2, 0) is 10.8 Å². The predicted molar refractivity (Wildman–Crippen MR) is 80.8 cm³/mol. The van der Waals surface area contributed by atoms with E-state index in [4.69, 9.17) is 4.42 Å². The van der Waals surface area contributed by atoms with Crippen LogP contribution < -0.4 is 0 Å². The Morgan fingerprint density at radius 3 is 2.71 bits per heavy atom. The lowest BCUT2D eigenvalue weighted by Crippen LogP contribution is -2.32. The van der Waals surface area contributed by atoms with Gasteiger partial charge >= 0.3 is 0 Å². The fourth-order valence-electron chi connectivity index (χ4n) is 3.68. The zero-order valence-corrected chi connectivity index (χ0v) is 12.7. The summed E-state index contributed by atoms with van der Waals surface area (Å²) in [6, 6.07) is 5.46. The Bertz CT molecular complexity index is 735. The lowest BCUT2D eigenvalue weighted by molar-refractivity contribution is 0.0906. The molecule has 2 atom stereocenters. The van der Waals surface area contributed by atoms with E-state index in [9.17, 15) is 9.00 Å². The van der Waals surface area contributed by atoms with Gasteiger partial charge in [-0.15, -0.1) is 0 Å². The molecule has 21 heavy (non-hydrogen) atoms. The molecular weight excluding hydrogens is 286 g/mol. The van der Waals surface area contributed by atoms with Crippen molar-refractivity contribution < 1.29 is 13.4 Å². The SMILES string of the molecule is Cc1nc2cc(C(=O)C3CC4CCC(C3)S4=O)ccc2o1. The highest BCUT2D eigenvalue weighted by molar-refractivity contribution is 7.86. The van der Waals surface area contributed by atoms with E-state index in [0.717, 1.165) is 31.2 Å². The summed E-state index contributed by atoms with van der Waals surface area (Å²) in [6.07, 6.45) is 3.58. The van der Waals surface area contributed by atoms with Gasteiger partial charge in [-0.2, -0.15) is 0 Å². The van der Waals surface area contributed by atoms with Crippen LogP contribution in [0.2, 0.25) is 0 Å². The second-order valence-corrected chi connectivity index (χ2v) is 8.09. The minimum absolute atomic E-state index is 0.0191. The maximum Gasteiger partial charge on any atom is 0.192 e. The molecule has 3 heterocycles. The monoisotopic (exact) mass is 303 g/mol. The van der Waals surface area contributed by atoms with Crippen molar-refractivity contribution in [3.05, 3.63) is 29.7 Å². The van der Waals surface area contributed by atoms with Crippen LogP contribution in [0, 0.1) is 12.8 Å². The van der Waals surface area contributed by atoms with Gasteiger partial charge in [0.1, 0.15) is 5.52 Å². The average Bonchev–Trinajstić information content (AvgIpc) is 2.91. The van der Waals surface area contributed by atoms with E-state index >= 15 is 0 Å². The summed E-state index contributed by atoms with van der Waals surface area (Å²) < 4.78 is 17.5. The lowest BCUT2D eigenvalue weighted by atomic mass is 9.90. The molecule has 2 bridgehead atoms. The number of rotatable bonds is 2. The first-order valence-corrected chi connectivity index (χ1v) is 8.70. The summed E-state index contributed by atoms with van der Waals surface area (Å²) in [6.45, 7) is 1.80. The maximum atomic E-state index is 12.7. The molecule has 0 N–H and O–H groups in total. The van der Waals surface area contributed by atoms with Crippen LogP contribution in [0.1, 0.15) is 41.9 Å². The van der Waals surface area contributed by atoms with E-state index in [1.165, 1.54) is 0 Å². The zero-order chi connectivity index (χ0) is 14.6. The molecule has 1 aromatic carbocycles. The Kier molecular flexibility index (Phi) is 2.99. The topological polar surface area (TPSA) is 60.2 Å². The molecule has 110 valence electrons. The second-order valence-electron chi connectivity index (χ2n) is 6.10. The van der Waals surface area contributed by atoms with Crippen LogP contribution in [-0.4, -0.2) is 25.5 Å². The molecule has 0 saturated carbocycles. The third kappa shape index (κ3) is 2.14. The van der Waals surface area contributed by atoms with Crippen LogP contribution in [0.3, 0.4) is 0 Å². The number of aromatic nitrogens is 1. The molecule has 2 saturated heterocycles. The number of hydrogen-bond donors (Lipinski definition) is 0. The molecule has 2 aliphatic heterocycles. The van der Waals surface area contributed by atoms with E-state index in [0.29, 0.717) is 17.0 Å². The van der Waals surface area contributed by atoms with Crippen molar-refractivity contribution in [2.45, 2.75) is 43.1 Å². The largest absolute Gasteiger partial charge is 0.441 e. The highest BCUT2D eigenvalue weighted by atomic mass is 32.2. The number of carbonyl (C=O) groups excluding carboxylic acids is 1. The van der Waals surface area contributed by atoms with Gasteiger partial charge in [-0.05, 0) is 43.9 Å². The lowest BCUT2D eigenvalue weighted by Gasteiger charge is -2.26. The summed E-state index contributed by atoms with van der Waals surface area (Å²) in [5, 5.41) is 0.464. The fourth-order valence-corrected chi connectivity index (χ4v) is 5.80. The van der Waals surface area contributed by atoms with Crippen LogP contribution in [0.15, 0.2) is 22.6 Å². The van der Waals surface area contributed by atoms with E-state index in [2.05, 4.69) is 4.98 Å². The number of carbonyl (C=O) groups is 1. The number of aryl methyl sites for hydroxylation is 1. The van der Waals surface area contributed by atoms with Crippen LogP contribution in [0.4, 0.5) is 0 Å². The van der Waals surface area contributed by atoms with Gasteiger partial charge in [0, 0.05) is 39.7 Å². The summed E-state index contributed by atoms with van der Waals surface area (Å²) in [5.41, 5.74) is 2.16. The van der Waals surface area contributed by atoms with Gasteiger partial charge in [-0.1, -0.05) is 0 Å². The van der Waals surface area contributed by atoms with Crippen LogP contribution >= 0.6 is 0 Å². The summed E-state index contributed by atoms with van der Waals surface area (Å²) in [5.74, 6) is 0.803.